The number of guanidine groups is 1. The number of nitrogens with zero attached hydrogens (tertiary/aromatic N) is 2. The van der Waals surface area contributed by atoms with Crippen LogP contribution in [0.25, 0.3) is 10.8 Å². The number of carboxylic acids is 1. The lowest BCUT2D eigenvalue weighted by Crippen LogP contribution is -2.61. The van der Waals surface area contributed by atoms with Crippen molar-refractivity contribution in [3.63, 3.8) is 0 Å². The maximum absolute atomic E-state index is 14.3. The summed E-state index contributed by atoms with van der Waals surface area (Å²) in [6.45, 7) is 5.73. The lowest BCUT2D eigenvalue weighted by atomic mass is 9.94. The molecule has 1 aliphatic rings. The predicted molar refractivity (Wildman–Crippen MR) is 226 cm³/mol. The lowest BCUT2D eigenvalue weighted by Gasteiger charge is -2.37. The normalized spacial score (nSPS) is 16.9. The van der Waals surface area contributed by atoms with Gasteiger partial charge in [0.2, 0.25) is 29.5 Å². The molecule has 1 saturated heterocycles. The third kappa shape index (κ3) is 13.5. The zero-order chi connectivity index (χ0) is 43.1. The third-order valence-corrected chi connectivity index (χ3v) is 10.7. The van der Waals surface area contributed by atoms with Crippen molar-refractivity contribution >= 4 is 52.2 Å². The zero-order valence-corrected chi connectivity index (χ0v) is 34.1. The summed E-state index contributed by atoms with van der Waals surface area (Å²) in [6.07, 6.45) is 2.86. The van der Waals surface area contributed by atoms with Crippen molar-refractivity contribution in [3.05, 3.63) is 83.9 Å². The SMILES string of the molecule is CC[C@@H](C)[C@@H](N)C(=O)N1CCCC[C@H]1C(=O)N[C@@H](Cc1ccc2ccccc2c1)C(=O)N[C@@H](CCCN=C(N)N)C(=O)N[C@@H](C)C(=O)N[C@H](Cc1ccccc1)C(=O)O. The van der Waals surface area contributed by atoms with E-state index in [1.165, 1.54) is 11.8 Å². The Morgan fingerprint density at radius 2 is 1.42 bits per heavy atom. The molecule has 1 fully saturated rings. The Hall–Kier alpha value is -6.03. The number of nitrogens with one attached hydrogen (secondary N) is 4. The quantitative estimate of drug-likeness (QED) is 0.0463. The second-order valence-corrected chi connectivity index (χ2v) is 15.2. The zero-order valence-electron chi connectivity index (χ0n) is 34.1. The first-order valence-electron chi connectivity index (χ1n) is 20.3. The number of benzene rings is 3. The number of amides is 5. The number of hydrogen-bond donors (Lipinski definition) is 8. The van der Waals surface area contributed by atoms with E-state index in [-0.39, 0.29) is 50.0 Å². The topological polar surface area (TPSA) is 264 Å². The van der Waals surface area contributed by atoms with Crippen LogP contribution in [0.3, 0.4) is 0 Å². The number of aliphatic imine (C=N–C) groups is 1. The van der Waals surface area contributed by atoms with Crippen LogP contribution in [-0.4, -0.2) is 101 Å². The Labute approximate surface area is 345 Å². The van der Waals surface area contributed by atoms with E-state index < -0.39 is 65.8 Å². The molecule has 3 aromatic carbocycles. The van der Waals surface area contributed by atoms with E-state index in [9.17, 15) is 33.9 Å². The van der Waals surface area contributed by atoms with Crippen molar-refractivity contribution in [2.24, 2.45) is 28.1 Å². The van der Waals surface area contributed by atoms with E-state index in [4.69, 9.17) is 17.2 Å². The highest BCUT2D eigenvalue weighted by Gasteiger charge is 2.38. The molecule has 0 bridgehead atoms. The largest absolute Gasteiger partial charge is 0.480 e. The summed E-state index contributed by atoms with van der Waals surface area (Å²) in [5, 5.41) is 22.5. The van der Waals surface area contributed by atoms with Crippen molar-refractivity contribution < 1.29 is 33.9 Å². The molecular formula is C43H59N9O7. The molecule has 0 spiro atoms. The van der Waals surface area contributed by atoms with Crippen LogP contribution in [0, 0.1) is 5.92 Å². The molecule has 1 aliphatic heterocycles. The molecule has 0 radical (unpaired) electrons. The Kier molecular flexibility index (Phi) is 17.2. The van der Waals surface area contributed by atoms with Gasteiger partial charge in [0, 0.05) is 25.9 Å². The predicted octanol–water partition coefficient (Wildman–Crippen LogP) is 1.48. The van der Waals surface area contributed by atoms with Crippen molar-refractivity contribution in [3.8, 4) is 0 Å². The lowest BCUT2D eigenvalue weighted by molar-refractivity contribution is -0.145. The van der Waals surface area contributed by atoms with Gasteiger partial charge in [0.1, 0.15) is 30.2 Å². The average Bonchev–Trinajstić information content (AvgIpc) is 3.23. The molecule has 4 rings (SSSR count). The number of carboxylic acid groups (broad SMARTS) is 1. The molecule has 0 saturated carbocycles. The minimum absolute atomic E-state index is 0.0216. The van der Waals surface area contributed by atoms with Gasteiger partial charge in [0.05, 0.1) is 6.04 Å². The number of carbonyl (C=O) groups is 6. The summed E-state index contributed by atoms with van der Waals surface area (Å²) < 4.78 is 0. The molecule has 3 aromatic rings. The van der Waals surface area contributed by atoms with Gasteiger partial charge >= 0.3 is 5.97 Å². The van der Waals surface area contributed by atoms with Gasteiger partial charge in [-0.25, -0.2) is 4.79 Å². The molecule has 1 heterocycles. The molecule has 0 unspecified atom stereocenters. The van der Waals surface area contributed by atoms with Crippen LogP contribution in [0.2, 0.25) is 0 Å². The van der Waals surface area contributed by atoms with Crippen LogP contribution in [0.4, 0.5) is 0 Å². The van der Waals surface area contributed by atoms with Gasteiger partial charge in [-0.05, 0) is 66.8 Å². The fraction of sp³-hybridized carbons (Fsp3) is 0.465. The van der Waals surface area contributed by atoms with Crippen LogP contribution in [0.15, 0.2) is 77.8 Å². The standard InChI is InChI=1S/C43H59N9O7/c1-4-26(2)36(44)41(57)52-22-11-10-18-35(52)40(56)50-33(25-29-19-20-30-15-8-9-16-31(30)23-29)39(55)49-32(17-12-21-47-43(45)46)38(54)48-27(3)37(53)51-34(42(58)59)24-28-13-6-5-7-14-28/h5-9,13-16,19-20,23,26-27,32-36H,4,10-12,17-18,21-22,24-25,44H2,1-3H3,(H,48,54)(H,49,55)(H,50,56)(H,51,53)(H,58,59)(H4,45,46,47)/t26-,27+,32+,33+,34-,35+,36-/m1/s1. The fourth-order valence-electron chi connectivity index (χ4n) is 7.01. The highest BCUT2D eigenvalue weighted by molar-refractivity contribution is 5.96. The van der Waals surface area contributed by atoms with Crippen LogP contribution < -0.4 is 38.5 Å². The van der Waals surface area contributed by atoms with Crippen molar-refractivity contribution in [2.75, 3.05) is 13.1 Å². The Bertz CT molecular complexity index is 1960. The van der Waals surface area contributed by atoms with E-state index >= 15 is 0 Å². The van der Waals surface area contributed by atoms with Gasteiger partial charge in [-0.2, -0.15) is 0 Å². The monoisotopic (exact) mass is 813 g/mol. The average molecular weight is 814 g/mol. The highest BCUT2D eigenvalue weighted by atomic mass is 16.4. The minimum Gasteiger partial charge on any atom is -0.480 e. The Morgan fingerprint density at radius 1 is 0.780 bits per heavy atom. The van der Waals surface area contributed by atoms with E-state index in [1.54, 1.807) is 30.3 Å². The Balaban J connectivity index is 1.57. The van der Waals surface area contributed by atoms with Gasteiger partial charge in [-0.3, -0.25) is 29.0 Å². The minimum atomic E-state index is -1.26. The van der Waals surface area contributed by atoms with Crippen molar-refractivity contribution in [1.82, 2.24) is 26.2 Å². The number of aliphatic carboxylic acids is 1. The molecule has 5 amide bonds. The number of likely N-dealkylation sites (tertiary alicyclic amines) is 1. The van der Waals surface area contributed by atoms with Gasteiger partial charge in [-0.15, -0.1) is 0 Å². The van der Waals surface area contributed by atoms with E-state index in [1.807, 2.05) is 56.3 Å². The molecule has 7 atom stereocenters. The molecule has 59 heavy (non-hydrogen) atoms. The maximum Gasteiger partial charge on any atom is 0.326 e. The summed E-state index contributed by atoms with van der Waals surface area (Å²) in [5.74, 6) is -4.47. The summed E-state index contributed by atoms with van der Waals surface area (Å²) in [7, 11) is 0. The van der Waals surface area contributed by atoms with E-state index in [0.29, 0.717) is 37.8 Å². The maximum atomic E-state index is 14.3. The molecule has 318 valence electrons. The molecule has 0 aliphatic carbocycles. The summed E-state index contributed by atoms with van der Waals surface area (Å²) in [6, 6.07) is 15.7. The summed E-state index contributed by atoms with van der Waals surface area (Å²) in [5.41, 5.74) is 18.8. The van der Waals surface area contributed by atoms with Crippen LogP contribution in [0.1, 0.15) is 70.4 Å². The van der Waals surface area contributed by atoms with Crippen molar-refractivity contribution in [2.45, 2.75) is 108 Å². The molecule has 16 heteroatoms. The number of nitrogens with two attached hydrogens (primary N) is 3. The van der Waals surface area contributed by atoms with E-state index in [0.717, 1.165) is 16.3 Å². The molecular weight excluding hydrogens is 755 g/mol. The Morgan fingerprint density at radius 3 is 2.10 bits per heavy atom. The first-order chi connectivity index (χ1) is 28.2. The van der Waals surface area contributed by atoms with Gasteiger partial charge in [0.25, 0.3) is 0 Å². The second-order valence-electron chi connectivity index (χ2n) is 15.2. The van der Waals surface area contributed by atoms with Crippen LogP contribution in [-0.2, 0) is 41.6 Å². The molecule has 11 N–H and O–H groups in total. The van der Waals surface area contributed by atoms with Gasteiger partial charge in [-0.1, -0.05) is 93.1 Å². The van der Waals surface area contributed by atoms with Crippen molar-refractivity contribution in [1.29, 1.82) is 0 Å². The van der Waals surface area contributed by atoms with Crippen LogP contribution in [0.5, 0.6) is 0 Å². The third-order valence-electron chi connectivity index (χ3n) is 10.7. The number of piperidine rings is 1. The highest BCUT2D eigenvalue weighted by Crippen LogP contribution is 2.22. The van der Waals surface area contributed by atoms with Gasteiger partial charge < -0.3 is 48.5 Å². The first-order valence-corrected chi connectivity index (χ1v) is 20.3. The summed E-state index contributed by atoms with van der Waals surface area (Å²) >= 11 is 0. The smallest absolute Gasteiger partial charge is 0.326 e. The van der Waals surface area contributed by atoms with E-state index in [2.05, 4.69) is 26.3 Å². The number of carbonyl (C=O) groups excluding carboxylic acids is 5. The first kappa shape index (κ1) is 45.7. The fourth-order valence-corrected chi connectivity index (χ4v) is 7.01. The summed E-state index contributed by atoms with van der Waals surface area (Å²) in [4.78, 5) is 86.6. The second kappa shape index (κ2) is 22.2. The number of hydrogen-bond acceptors (Lipinski definition) is 8. The number of fused-ring (bicyclic) bond motifs is 1. The molecule has 16 nitrogen and oxygen atoms in total. The number of rotatable bonds is 20. The van der Waals surface area contributed by atoms with Crippen LogP contribution >= 0.6 is 0 Å². The molecule has 0 aromatic heterocycles. The van der Waals surface area contributed by atoms with Gasteiger partial charge in [0.15, 0.2) is 5.96 Å².